The highest BCUT2D eigenvalue weighted by Gasteiger charge is 2.40. The SMILES string of the molecule is O=C(C#Cc1ccc(F)c(F)c1F)NC1(C(=O)O)CCCCC1. The molecule has 1 amide bonds. The maximum Gasteiger partial charge on any atom is 0.329 e. The van der Waals surface area contributed by atoms with Crippen molar-refractivity contribution in [1.29, 1.82) is 0 Å². The van der Waals surface area contributed by atoms with Crippen molar-refractivity contribution in [2.45, 2.75) is 37.6 Å². The van der Waals surface area contributed by atoms with E-state index < -0.39 is 40.4 Å². The van der Waals surface area contributed by atoms with Gasteiger partial charge < -0.3 is 10.4 Å². The number of hydrogen-bond donors (Lipinski definition) is 2. The number of benzene rings is 1. The number of carbonyl (C=O) groups is 2. The van der Waals surface area contributed by atoms with E-state index in [-0.39, 0.29) is 12.8 Å². The van der Waals surface area contributed by atoms with E-state index >= 15 is 0 Å². The molecular formula is C16H14F3NO3. The van der Waals surface area contributed by atoms with Gasteiger partial charge in [-0.1, -0.05) is 25.2 Å². The van der Waals surface area contributed by atoms with E-state index in [0.717, 1.165) is 12.5 Å². The summed E-state index contributed by atoms with van der Waals surface area (Å²) in [5.74, 6) is -2.46. The van der Waals surface area contributed by atoms with Gasteiger partial charge in [0.15, 0.2) is 17.5 Å². The van der Waals surface area contributed by atoms with Gasteiger partial charge in [0.2, 0.25) is 0 Å². The Morgan fingerprint density at radius 2 is 1.74 bits per heavy atom. The van der Waals surface area contributed by atoms with Crippen LogP contribution in [0.2, 0.25) is 0 Å². The summed E-state index contributed by atoms with van der Waals surface area (Å²) < 4.78 is 39.3. The van der Waals surface area contributed by atoms with E-state index in [0.29, 0.717) is 18.9 Å². The van der Waals surface area contributed by atoms with Gasteiger partial charge in [-0.05, 0) is 25.0 Å². The lowest BCUT2D eigenvalue weighted by atomic mass is 9.81. The van der Waals surface area contributed by atoms with Gasteiger partial charge in [-0.15, -0.1) is 0 Å². The van der Waals surface area contributed by atoms with E-state index in [9.17, 15) is 27.9 Å². The van der Waals surface area contributed by atoms with Crippen LogP contribution >= 0.6 is 0 Å². The standard InChI is InChI=1S/C16H14F3NO3/c17-11-6-4-10(13(18)14(11)19)5-7-12(21)20-16(15(22)23)8-2-1-3-9-16/h4,6H,1-3,8-9H2,(H,20,21)(H,22,23). The quantitative estimate of drug-likeness (QED) is 0.648. The van der Waals surface area contributed by atoms with Crippen molar-refractivity contribution in [1.82, 2.24) is 5.32 Å². The first-order valence-electron chi connectivity index (χ1n) is 7.07. The van der Waals surface area contributed by atoms with E-state index in [1.54, 1.807) is 0 Å². The second kappa shape index (κ2) is 6.73. The lowest BCUT2D eigenvalue weighted by Gasteiger charge is -2.33. The molecule has 0 saturated heterocycles. The van der Waals surface area contributed by atoms with Crippen LogP contribution < -0.4 is 5.32 Å². The molecule has 0 heterocycles. The average molecular weight is 325 g/mol. The second-order valence-electron chi connectivity index (χ2n) is 5.37. The molecule has 1 aliphatic carbocycles. The normalized spacial score (nSPS) is 16.1. The summed E-state index contributed by atoms with van der Waals surface area (Å²) >= 11 is 0. The average Bonchev–Trinajstić information content (AvgIpc) is 2.52. The molecule has 0 unspecified atom stereocenters. The van der Waals surface area contributed by atoms with Gasteiger partial charge >= 0.3 is 5.97 Å². The third-order valence-electron chi connectivity index (χ3n) is 3.82. The Morgan fingerprint density at radius 3 is 2.35 bits per heavy atom. The zero-order valence-electron chi connectivity index (χ0n) is 12.1. The van der Waals surface area contributed by atoms with Gasteiger partial charge in [0.1, 0.15) is 5.54 Å². The summed E-state index contributed by atoms with van der Waals surface area (Å²) in [5.41, 5.74) is -1.86. The molecule has 0 spiro atoms. The molecule has 0 radical (unpaired) electrons. The van der Waals surface area contributed by atoms with Crippen molar-refractivity contribution >= 4 is 11.9 Å². The Kier molecular flexibility index (Phi) is 4.94. The number of aliphatic carboxylic acids is 1. The lowest BCUT2D eigenvalue weighted by molar-refractivity contribution is -0.148. The molecule has 0 aliphatic heterocycles. The first-order chi connectivity index (χ1) is 10.9. The number of carboxylic acid groups (broad SMARTS) is 1. The molecule has 7 heteroatoms. The highest BCUT2D eigenvalue weighted by Crippen LogP contribution is 2.28. The Labute approximate surface area is 130 Å². The summed E-state index contributed by atoms with van der Waals surface area (Å²) in [6.07, 6.45) is 2.79. The van der Waals surface area contributed by atoms with Crippen LogP contribution in [0, 0.1) is 29.3 Å². The van der Waals surface area contributed by atoms with Crippen molar-refractivity contribution in [2.75, 3.05) is 0 Å². The predicted octanol–water partition coefficient (Wildman–Crippen LogP) is 2.36. The Morgan fingerprint density at radius 1 is 1.09 bits per heavy atom. The molecule has 0 aromatic heterocycles. The molecule has 0 atom stereocenters. The molecular weight excluding hydrogens is 311 g/mol. The number of carbonyl (C=O) groups excluding carboxylic acids is 1. The maximum absolute atomic E-state index is 13.4. The molecule has 0 bridgehead atoms. The summed E-state index contributed by atoms with van der Waals surface area (Å²) in [5, 5.41) is 11.7. The van der Waals surface area contributed by atoms with Crippen LogP contribution in [0.3, 0.4) is 0 Å². The van der Waals surface area contributed by atoms with Crippen molar-refractivity contribution in [3.8, 4) is 11.8 Å². The molecule has 2 rings (SSSR count). The highest BCUT2D eigenvalue weighted by atomic mass is 19.2. The van der Waals surface area contributed by atoms with Gasteiger partial charge in [0.25, 0.3) is 5.91 Å². The molecule has 1 aliphatic rings. The molecule has 1 saturated carbocycles. The first kappa shape index (κ1) is 16.9. The fraction of sp³-hybridized carbons (Fsp3) is 0.375. The van der Waals surface area contributed by atoms with Crippen molar-refractivity contribution in [3.05, 3.63) is 35.1 Å². The largest absolute Gasteiger partial charge is 0.480 e. The van der Waals surface area contributed by atoms with E-state index in [2.05, 4.69) is 11.2 Å². The van der Waals surface area contributed by atoms with E-state index in [4.69, 9.17) is 0 Å². The number of hydrogen-bond acceptors (Lipinski definition) is 2. The minimum absolute atomic E-state index is 0.287. The predicted molar refractivity (Wildman–Crippen MR) is 74.8 cm³/mol. The summed E-state index contributed by atoms with van der Waals surface area (Å²) in [7, 11) is 0. The Bertz CT molecular complexity index is 701. The van der Waals surface area contributed by atoms with Crippen molar-refractivity contribution in [3.63, 3.8) is 0 Å². The van der Waals surface area contributed by atoms with Crippen LogP contribution in [-0.2, 0) is 9.59 Å². The molecule has 4 nitrogen and oxygen atoms in total. The minimum atomic E-state index is -1.67. The number of nitrogens with one attached hydrogen (secondary N) is 1. The third kappa shape index (κ3) is 3.65. The maximum atomic E-state index is 13.4. The second-order valence-corrected chi connectivity index (χ2v) is 5.37. The molecule has 122 valence electrons. The van der Waals surface area contributed by atoms with Gasteiger partial charge in [-0.2, -0.15) is 0 Å². The van der Waals surface area contributed by atoms with Crippen LogP contribution in [0.5, 0.6) is 0 Å². The number of amides is 1. The molecule has 1 fully saturated rings. The molecule has 1 aromatic carbocycles. The van der Waals surface area contributed by atoms with Crippen LogP contribution in [0.15, 0.2) is 12.1 Å². The van der Waals surface area contributed by atoms with E-state index in [1.807, 2.05) is 5.92 Å². The fourth-order valence-electron chi connectivity index (χ4n) is 2.54. The molecule has 1 aromatic rings. The van der Waals surface area contributed by atoms with Crippen molar-refractivity contribution < 1.29 is 27.9 Å². The smallest absolute Gasteiger partial charge is 0.329 e. The number of halogens is 3. The molecule has 23 heavy (non-hydrogen) atoms. The monoisotopic (exact) mass is 325 g/mol. The van der Waals surface area contributed by atoms with Crippen LogP contribution in [0.4, 0.5) is 13.2 Å². The van der Waals surface area contributed by atoms with Crippen molar-refractivity contribution in [2.24, 2.45) is 0 Å². The van der Waals surface area contributed by atoms with Gasteiger partial charge in [0, 0.05) is 5.92 Å². The highest BCUT2D eigenvalue weighted by molar-refractivity contribution is 5.97. The van der Waals surface area contributed by atoms with Crippen LogP contribution in [-0.4, -0.2) is 22.5 Å². The van der Waals surface area contributed by atoms with E-state index in [1.165, 1.54) is 0 Å². The third-order valence-corrected chi connectivity index (χ3v) is 3.82. The minimum Gasteiger partial charge on any atom is -0.480 e. The zero-order chi connectivity index (χ0) is 17.0. The first-order valence-corrected chi connectivity index (χ1v) is 7.07. The van der Waals surface area contributed by atoms with Crippen LogP contribution in [0.1, 0.15) is 37.7 Å². The summed E-state index contributed by atoms with van der Waals surface area (Å²) in [6, 6.07) is 1.60. The Balaban J connectivity index is 2.17. The summed E-state index contributed by atoms with van der Waals surface area (Å²) in [4.78, 5) is 23.2. The summed E-state index contributed by atoms with van der Waals surface area (Å²) in [6.45, 7) is 0. The van der Waals surface area contributed by atoms with Crippen LogP contribution in [0.25, 0.3) is 0 Å². The van der Waals surface area contributed by atoms with Gasteiger partial charge in [-0.25, -0.2) is 18.0 Å². The number of carboxylic acids is 1. The fourth-order valence-corrected chi connectivity index (χ4v) is 2.54. The molecule has 2 N–H and O–H groups in total. The number of rotatable bonds is 2. The zero-order valence-corrected chi connectivity index (χ0v) is 12.1. The Hall–Kier alpha value is -2.49. The topological polar surface area (TPSA) is 66.4 Å². The van der Waals surface area contributed by atoms with Gasteiger partial charge in [0.05, 0.1) is 5.56 Å². The van der Waals surface area contributed by atoms with Gasteiger partial charge in [-0.3, -0.25) is 4.79 Å². The lowest BCUT2D eigenvalue weighted by Crippen LogP contribution is -2.55.